The molecule has 15 nitrogen and oxygen atoms in total. The van der Waals surface area contributed by atoms with E-state index < -0.39 is 0 Å². The molecule has 6 aromatic heterocycles. The zero-order chi connectivity index (χ0) is 56.7. The lowest BCUT2D eigenvalue weighted by Gasteiger charge is -2.13. The number of nitrogens with zero attached hydrogens (tertiary/aromatic N) is 10. The van der Waals surface area contributed by atoms with E-state index in [0.717, 1.165) is 114 Å². The first kappa shape index (κ1) is 54.1. The first-order chi connectivity index (χ1) is 40.6. The van der Waals surface area contributed by atoms with E-state index in [9.17, 15) is 10.1 Å². The molecule has 0 atom stereocenters. The van der Waals surface area contributed by atoms with E-state index >= 15 is 0 Å². The van der Waals surface area contributed by atoms with Gasteiger partial charge in [-0.25, -0.2) is 15.0 Å². The number of imidazole rings is 3. The van der Waals surface area contributed by atoms with Crippen molar-refractivity contribution in [3.05, 3.63) is 284 Å². The Morgan fingerprint density at radius 1 is 0.434 bits per heavy atom. The number of halogens is 5. The summed E-state index contributed by atoms with van der Waals surface area (Å²) in [5.41, 5.74) is 16.4. The molecule has 406 valence electrons. The number of para-hydroxylation sites is 1. The Morgan fingerprint density at radius 2 is 0.807 bits per heavy atom. The standard InChI is InChI=1S/C21H13Br2N3O.C21H13BrIN3O.C21H13BrN4O3/c2*22-13-7-8-17-15(10-13)20(14-4-1-2-5-16(14)23)24-11-18-21(25-12-26(17)18)19-6-3-9-27-19;22-13-7-8-16-15(10-13)20(14-4-1-2-5-17(14)26(27)28)23-11-18-21(24-12-25(16)18)19-6-3-9-29-19/h2*1-10,12H,11H2;1-10,12H,11H2. The normalized spacial score (nSPS) is 12.8. The molecule has 12 aromatic rings. The predicted molar refractivity (Wildman–Crippen MR) is 341 cm³/mol. The largest absolute Gasteiger partial charge is 0.463 e. The lowest BCUT2D eigenvalue weighted by atomic mass is 9.99. The number of benzene rings is 6. The summed E-state index contributed by atoms with van der Waals surface area (Å²) in [6.07, 6.45) is 10.4. The average molecular weight is 1460 g/mol. The molecule has 6 aromatic carbocycles. The second-order valence-corrected chi connectivity index (χ2v) is 23.6. The van der Waals surface area contributed by atoms with E-state index in [0.29, 0.717) is 42.4 Å². The van der Waals surface area contributed by atoms with E-state index in [1.165, 1.54) is 9.64 Å². The minimum atomic E-state index is -0.378. The van der Waals surface area contributed by atoms with Gasteiger partial charge in [0.25, 0.3) is 5.69 Å². The summed E-state index contributed by atoms with van der Waals surface area (Å²) in [5.74, 6) is 2.17. The minimum Gasteiger partial charge on any atom is -0.463 e. The van der Waals surface area contributed by atoms with Gasteiger partial charge in [-0.1, -0.05) is 112 Å². The molecule has 9 heterocycles. The Morgan fingerprint density at radius 3 is 1.20 bits per heavy atom. The van der Waals surface area contributed by atoms with Crippen molar-refractivity contribution in [1.29, 1.82) is 0 Å². The molecule has 83 heavy (non-hydrogen) atoms. The van der Waals surface area contributed by atoms with Crippen molar-refractivity contribution >= 4 is 109 Å². The van der Waals surface area contributed by atoms with Crippen LogP contribution in [0, 0.1) is 13.7 Å². The van der Waals surface area contributed by atoms with Crippen molar-refractivity contribution in [3.8, 4) is 51.4 Å². The molecule has 0 bridgehead atoms. The highest BCUT2D eigenvalue weighted by Gasteiger charge is 2.29. The molecule has 0 aliphatic carbocycles. The summed E-state index contributed by atoms with van der Waals surface area (Å²) in [6, 6.07) is 52.7. The number of nitro benzene ring substituents is 1. The van der Waals surface area contributed by atoms with Gasteiger partial charge in [-0.15, -0.1) is 0 Å². The molecule has 3 aliphatic heterocycles. The summed E-state index contributed by atoms with van der Waals surface area (Å²) in [7, 11) is 0. The van der Waals surface area contributed by atoms with Gasteiger partial charge in [0, 0.05) is 55.3 Å². The summed E-state index contributed by atoms with van der Waals surface area (Å²) >= 11 is 16.8. The van der Waals surface area contributed by atoms with Gasteiger partial charge in [0.15, 0.2) is 17.3 Å². The van der Waals surface area contributed by atoms with Crippen molar-refractivity contribution in [3.63, 3.8) is 0 Å². The number of nitro groups is 1. The Hall–Kier alpha value is -8.15. The molecule has 0 saturated heterocycles. The van der Waals surface area contributed by atoms with Gasteiger partial charge in [-0.3, -0.25) is 38.8 Å². The maximum absolute atomic E-state index is 11.6. The van der Waals surface area contributed by atoms with E-state index in [1.54, 1.807) is 43.3 Å². The van der Waals surface area contributed by atoms with Crippen molar-refractivity contribution < 1.29 is 18.2 Å². The SMILES string of the molecule is Brc1ccc2c(c1)C(c1ccccc1Br)=NCc1c(-c3ccco3)ncn1-2.Brc1ccc2c(c1)C(c1ccccc1I)=NCc1c(-c3ccco3)ncn1-2.O=[N+]([O-])c1ccccc1C1=NCc2c(-c3ccco3)ncn2-c2ccc(Br)cc21. The van der Waals surface area contributed by atoms with Crippen LogP contribution in [0.1, 0.15) is 50.5 Å². The van der Waals surface area contributed by atoms with Crippen LogP contribution in [0.25, 0.3) is 51.4 Å². The Labute approximate surface area is 521 Å². The first-order valence-corrected chi connectivity index (χ1v) is 29.9. The molecule has 0 radical (unpaired) electrons. The minimum absolute atomic E-state index is 0.0214. The van der Waals surface area contributed by atoms with Crippen LogP contribution < -0.4 is 0 Å². The highest BCUT2D eigenvalue weighted by Crippen LogP contribution is 2.38. The van der Waals surface area contributed by atoms with Crippen molar-refractivity contribution in [2.75, 3.05) is 0 Å². The zero-order valence-corrected chi connectivity index (χ0v) is 51.6. The Kier molecular flexibility index (Phi) is 15.2. The quantitative estimate of drug-likeness (QED) is 0.0861. The molecule has 0 spiro atoms. The van der Waals surface area contributed by atoms with E-state index in [1.807, 2.05) is 108 Å². The number of aliphatic imine (C=N–C) groups is 3. The fraction of sp³-hybridized carbons (Fsp3) is 0.0476. The van der Waals surface area contributed by atoms with Crippen LogP contribution in [0.5, 0.6) is 0 Å². The molecule has 0 saturated carbocycles. The molecule has 15 rings (SSSR count). The van der Waals surface area contributed by atoms with Crippen LogP contribution in [-0.2, 0) is 19.6 Å². The van der Waals surface area contributed by atoms with Crippen LogP contribution in [0.2, 0.25) is 0 Å². The highest BCUT2D eigenvalue weighted by molar-refractivity contribution is 14.1. The molecule has 0 unspecified atom stereocenters. The number of rotatable bonds is 7. The van der Waals surface area contributed by atoms with Crippen molar-refractivity contribution in [2.45, 2.75) is 19.6 Å². The van der Waals surface area contributed by atoms with E-state index in [-0.39, 0.29) is 10.6 Å². The maximum atomic E-state index is 11.6. The molecular weight excluding hydrogens is 1420 g/mol. The molecular formula is C63H39Br4IN10O5. The van der Waals surface area contributed by atoms with Gasteiger partial charge >= 0.3 is 0 Å². The third kappa shape index (κ3) is 10.5. The fourth-order valence-corrected chi connectivity index (χ4v) is 12.5. The molecule has 0 amide bonds. The van der Waals surface area contributed by atoms with Crippen LogP contribution in [-0.4, -0.2) is 50.7 Å². The smallest absolute Gasteiger partial charge is 0.278 e. The average Bonchev–Trinajstić information content (AvgIpc) is 3.39. The van der Waals surface area contributed by atoms with Crippen molar-refractivity contribution in [2.24, 2.45) is 15.0 Å². The van der Waals surface area contributed by atoms with Gasteiger partial charge < -0.3 is 13.3 Å². The highest BCUT2D eigenvalue weighted by atomic mass is 127. The molecule has 0 N–H and O–H groups in total. The lowest BCUT2D eigenvalue weighted by molar-refractivity contribution is -0.385. The fourth-order valence-electron chi connectivity index (χ4n) is 10.3. The number of furan rings is 3. The second-order valence-electron chi connectivity index (χ2n) is 18.9. The molecule has 0 fully saturated rings. The van der Waals surface area contributed by atoms with Gasteiger partial charge in [0.2, 0.25) is 0 Å². The summed E-state index contributed by atoms with van der Waals surface area (Å²) < 4.78 is 28.0. The van der Waals surface area contributed by atoms with Crippen LogP contribution >= 0.6 is 86.3 Å². The first-order valence-electron chi connectivity index (χ1n) is 25.7. The van der Waals surface area contributed by atoms with Gasteiger partial charge in [0.05, 0.1) is 100 Å². The number of hydrogen-bond acceptors (Lipinski definition) is 11. The third-order valence-electron chi connectivity index (χ3n) is 14.1. The van der Waals surface area contributed by atoms with Crippen molar-refractivity contribution in [1.82, 2.24) is 28.7 Å². The van der Waals surface area contributed by atoms with Crippen LogP contribution in [0.15, 0.2) is 248 Å². The maximum Gasteiger partial charge on any atom is 0.278 e. The van der Waals surface area contributed by atoms with Crippen LogP contribution in [0.4, 0.5) is 5.69 Å². The lowest BCUT2D eigenvalue weighted by Crippen LogP contribution is -2.09. The van der Waals surface area contributed by atoms with E-state index in [2.05, 4.69) is 159 Å². The Bertz CT molecular complexity index is 4360. The summed E-state index contributed by atoms with van der Waals surface area (Å²) in [5, 5.41) is 11.6. The third-order valence-corrected chi connectivity index (χ3v) is 17.2. The summed E-state index contributed by atoms with van der Waals surface area (Å²) in [4.78, 5) is 39.8. The van der Waals surface area contributed by atoms with Gasteiger partial charge in [0.1, 0.15) is 36.1 Å². The monoisotopic (exact) mass is 1460 g/mol. The molecule has 20 heteroatoms. The number of aromatic nitrogens is 6. The molecule has 3 aliphatic rings. The van der Waals surface area contributed by atoms with Gasteiger partial charge in [-0.05, 0) is 132 Å². The second kappa shape index (κ2) is 23.2. The number of hydrogen-bond donors (Lipinski definition) is 0. The predicted octanol–water partition coefficient (Wildman–Crippen LogP) is 17.0. The summed E-state index contributed by atoms with van der Waals surface area (Å²) in [6.45, 7) is 1.35. The van der Waals surface area contributed by atoms with Gasteiger partial charge in [-0.2, -0.15) is 0 Å². The topological polar surface area (TPSA) is 173 Å². The number of fused-ring (bicyclic) bond motifs is 9. The Balaban J connectivity index is 0.000000117. The van der Waals surface area contributed by atoms with E-state index in [4.69, 9.17) is 28.2 Å². The zero-order valence-electron chi connectivity index (χ0n) is 43.1. The van der Waals surface area contributed by atoms with Crippen LogP contribution in [0.3, 0.4) is 0 Å².